The maximum Gasteiger partial charge on any atom is 0.308 e. The lowest BCUT2D eigenvalue weighted by Crippen LogP contribution is -2.23. The van der Waals surface area contributed by atoms with Gasteiger partial charge in [0.05, 0.1) is 19.6 Å². The number of hydrogen-bond acceptors (Lipinski definition) is 4. The fourth-order valence-corrected chi connectivity index (χ4v) is 1.48. The van der Waals surface area contributed by atoms with E-state index in [9.17, 15) is 23.8 Å². The Morgan fingerprint density at radius 3 is 2.50 bits per heavy atom. The first kappa shape index (κ1) is 14.5. The average molecular weight is 260 g/mol. The van der Waals surface area contributed by atoms with Crippen LogP contribution in [-0.2, 0) is 9.53 Å². The van der Waals surface area contributed by atoms with Gasteiger partial charge in [-0.15, -0.1) is 0 Å². The van der Waals surface area contributed by atoms with Crippen molar-refractivity contribution in [3.05, 3.63) is 34.9 Å². The largest absolute Gasteiger partial charge is 0.469 e. The fourth-order valence-electron chi connectivity index (χ4n) is 1.48. The number of halogens is 2. The Labute approximate surface area is 103 Å². The van der Waals surface area contributed by atoms with Crippen molar-refractivity contribution in [3.63, 3.8) is 0 Å². The van der Waals surface area contributed by atoms with Crippen LogP contribution in [-0.4, -0.2) is 29.4 Å². The molecule has 2 N–H and O–H groups in total. The standard InChI is InChI=1S/C12H14F2O4/c1-6-3-7(9(14)4-8(6)13)12(17)10(15)5-11(16)18-2/h3-4,10,12,15,17H,5H2,1-2H3. The summed E-state index contributed by atoms with van der Waals surface area (Å²) >= 11 is 0. The van der Waals surface area contributed by atoms with E-state index >= 15 is 0 Å². The number of carbonyl (C=O) groups excluding carboxylic acids is 1. The van der Waals surface area contributed by atoms with E-state index in [4.69, 9.17) is 0 Å². The highest BCUT2D eigenvalue weighted by Crippen LogP contribution is 2.24. The quantitative estimate of drug-likeness (QED) is 0.799. The van der Waals surface area contributed by atoms with E-state index in [1.54, 1.807) is 0 Å². The van der Waals surface area contributed by atoms with Crippen LogP contribution in [0.4, 0.5) is 8.78 Å². The van der Waals surface area contributed by atoms with E-state index < -0.39 is 36.2 Å². The molecular formula is C12H14F2O4. The topological polar surface area (TPSA) is 66.8 Å². The van der Waals surface area contributed by atoms with E-state index in [0.29, 0.717) is 6.07 Å². The van der Waals surface area contributed by atoms with E-state index in [1.165, 1.54) is 6.92 Å². The van der Waals surface area contributed by atoms with Crippen molar-refractivity contribution in [1.29, 1.82) is 0 Å². The van der Waals surface area contributed by atoms with Gasteiger partial charge in [0.2, 0.25) is 0 Å². The summed E-state index contributed by atoms with van der Waals surface area (Å²) in [5, 5.41) is 19.3. The second-order valence-electron chi connectivity index (χ2n) is 3.92. The lowest BCUT2D eigenvalue weighted by molar-refractivity contribution is -0.144. The van der Waals surface area contributed by atoms with Gasteiger partial charge in [-0.1, -0.05) is 0 Å². The van der Waals surface area contributed by atoms with E-state index in [0.717, 1.165) is 13.2 Å². The van der Waals surface area contributed by atoms with Crippen LogP contribution in [0.1, 0.15) is 23.7 Å². The van der Waals surface area contributed by atoms with Crippen molar-refractivity contribution in [2.75, 3.05) is 7.11 Å². The molecule has 2 atom stereocenters. The van der Waals surface area contributed by atoms with Crippen LogP contribution in [0.2, 0.25) is 0 Å². The predicted molar refractivity (Wildman–Crippen MR) is 58.7 cm³/mol. The van der Waals surface area contributed by atoms with Crippen molar-refractivity contribution in [2.45, 2.75) is 25.6 Å². The highest BCUT2D eigenvalue weighted by Gasteiger charge is 2.25. The number of esters is 1. The molecule has 1 rings (SSSR count). The predicted octanol–water partition coefficient (Wildman–Crippen LogP) is 1.23. The highest BCUT2D eigenvalue weighted by molar-refractivity contribution is 5.69. The van der Waals surface area contributed by atoms with Crippen LogP contribution in [0.3, 0.4) is 0 Å². The number of aliphatic hydroxyl groups is 2. The molecule has 0 amide bonds. The minimum absolute atomic E-state index is 0.135. The lowest BCUT2D eigenvalue weighted by atomic mass is 9.99. The molecule has 1 aromatic carbocycles. The molecule has 0 fully saturated rings. The minimum atomic E-state index is -1.62. The molecule has 6 heteroatoms. The Hall–Kier alpha value is -1.53. The van der Waals surface area contributed by atoms with Crippen LogP contribution < -0.4 is 0 Å². The number of carbonyl (C=O) groups is 1. The van der Waals surface area contributed by atoms with Gasteiger partial charge in [-0.3, -0.25) is 4.79 Å². The molecule has 18 heavy (non-hydrogen) atoms. The summed E-state index contributed by atoms with van der Waals surface area (Å²) in [6, 6.07) is 1.72. The number of benzene rings is 1. The van der Waals surface area contributed by atoms with Gasteiger partial charge in [0.15, 0.2) is 0 Å². The van der Waals surface area contributed by atoms with Crippen molar-refractivity contribution < 1.29 is 28.5 Å². The van der Waals surface area contributed by atoms with Gasteiger partial charge >= 0.3 is 5.97 Å². The fraction of sp³-hybridized carbons (Fsp3) is 0.417. The number of aliphatic hydroxyl groups excluding tert-OH is 2. The molecular weight excluding hydrogens is 246 g/mol. The van der Waals surface area contributed by atoms with Crippen LogP contribution >= 0.6 is 0 Å². The van der Waals surface area contributed by atoms with Gasteiger partial charge in [0.1, 0.15) is 17.7 Å². The molecule has 2 unspecified atom stereocenters. The summed E-state index contributed by atoms with van der Waals surface area (Å²) in [5.74, 6) is -2.46. The highest BCUT2D eigenvalue weighted by atomic mass is 19.1. The Kier molecular flexibility index (Phi) is 4.75. The number of hydrogen-bond donors (Lipinski definition) is 2. The monoisotopic (exact) mass is 260 g/mol. The van der Waals surface area contributed by atoms with Gasteiger partial charge in [0, 0.05) is 11.6 Å². The number of methoxy groups -OCH3 is 1. The molecule has 4 nitrogen and oxygen atoms in total. The number of aryl methyl sites for hydroxylation is 1. The van der Waals surface area contributed by atoms with Crippen molar-refractivity contribution >= 4 is 5.97 Å². The number of rotatable bonds is 4. The van der Waals surface area contributed by atoms with Crippen LogP contribution in [0.15, 0.2) is 12.1 Å². The van der Waals surface area contributed by atoms with Gasteiger partial charge in [-0.2, -0.15) is 0 Å². The molecule has 0 saturated heterocycles. The third-order valence-electron chi connectivity index (χ3n) is 2.56. The first-order valence-electron chi connectivity index (χ1n) is 5.25. The van der Waals surface area contributed by atoms with Gasteiger partial charge < -0.3 is 14.9 Å². The molecule has 0 aromatic heterocycles. The molecule has 0 bridgehead atoms. The minimum Gasteiger partial charge on any atom is -0.469 e. The first-order chi connectivity index (χ1) is 8.36. The SMILES string of the molecule is COC(=O)CC(O)C(O)c1cc(C)c(F)cc1F. The molecule has 100 valence electrons. The lowest BCUT2D eigenvalue weighted by Gasteiger charge is -2.18. The molecule has 0 aliphatic rings. The zero-order valence-electron chi connectivity index (χ0n) is 9.98. The van der Waals surface area contributed by atoms with Crippen molar-refractivity contribution in [2.24, 2.45) is 0 Å². The molecule has 0 saturated carbocycles. The smallest absolute Gasteiger partial charge is 0.308 e. The maximum atomic E-state index is 13.4. The van der Waals surface area contributed by atoms with Crippen molar-refractivity contribution in [1.82, 2.24) is 0 Å². The molecule has 1 aromatic rings. The first-order valence-corrected chi connectivity index (χ1v) is 5.25. The molecule has 0 aliphatic heterocycles. The zero-order chi connectivity index (χ0) is 13.9. The van der Waals surface area contributed by atoms with Gasteiger partial charge in [-0.05, 0) is 18.6 Å². The average Bonchev–Trinajstić information content (AvgIpc) is 2.32. The summed E-state index contributed by atoms with van der Waals surface area (Å²) < 4.78 is 30.8. The summed E-state index contributed by atoms with van der Waals surface area (Å²) in [4.78, 5) is 10.9. The van der Waals surface area contributed by atoms with E-state index in [2.05, 4.69) is 4.74 Å². The molecule has 0 radical (unpaired) electrons. The Bertz CT molecular complexity index is 448. The summed E-state index contributed by atoms with van der Waals surface area (Å²) in [5.41, 5.74) is -0.124. The Morgan fingerprint density at radius 2 is 1.94 bits per heavy atom. The number of ether oxygens (including phenoxy) is 1. The molecule has 0 spiro atoms. The zero-order valence-corrected chi connectivity index (χ0v) is 9.98. The third-order valence-corrected chi connectivity index (χ3v) is 2.56. The second kappa shape index (κ2) is 5.88. The molecule has 0 aliphatic carbocycles. The normalized spacial score (nSPS) is 14.1. The summed E-state index contributed by atoms with van der Waals surface area (Å²) in [7, 11) is 1.13. The van der Waals surface area contributed by atoms with Crippen LogP contribution in [0.25, 0.3) is 0 Å². The van der Waals surface area contributed by atoms with Crippen molar-refractivity contribution in [3.8, 4) is 0 Å². The Morgan fingerprint density at radius 1 is 1.33 bits per heavy atom. The van der Waals surface area contributed by atoms with Gasteiger partial charge in [0.25, 0.3) is 0 Å². The van der Waals surface area contributed by atoms with Crippen LogP contribution in [0.5, 0.6) is 0 Å². The summed E-state index contributed by atoms with van der Waals surface area (Å²) in [6.45, 7) is 1.40. The second-order valence-corrected chi connectivity index (χ2v) is 3.92. The van der Waals surface area contributed by atoms with Crippen LogP contribution in [0, 0.1) is 18.6 Å². The van der Waals surface area contributed by atoms with Gasteiger partial charge in [-0.25, -0.2) is 8.78 Å². The molecule has 0 heterocycles. The third kappa shape index (κ3) is 3.24. The van der Waals surface area contributed by atoms with E-state index in [-0.39, 0.29) is 11.1 Å². The summed E-state index contributed by atoms with van der Waals surface area (Å²) in [6.07, 6.45) is -3.62. The Balaban J connectivity index is 2.93. The maximum absolute atomic E-state index is 13.4. The van der Waals surface area contributed by atoms with E-state index in [1.807, 2.05) is 0 Å².